The molecule has 0 radical (unpaired) electrons. The monoisotopic (exact) mass is 644 g/mol. The lowest BCUT2D eigenvalue weighted by molar-refractivity contribution is 1.07. The van der Waals surface area contributed by atoms with Crippen LogP contribution in [0.25, 0.3) is 89.1 Å². The van der Waals surface area contributed by atoms with Gasteiger partial charge in [0.25, 0.3) is 0 Å². The average molecular weight is 645 g/mol. The third kappa shape index (κ3) is 5.61. The molecule has 1 aromatic heterocycles. The van der Waals surface area contributed by atoms with Crippen LogP contribution in [0.2, 0.25) is 0 Å². The van der Waals surface area contributed by atoms with Crippen molar-refractivity contribution in [3.05, 3.63) is 188 Å². The van der Waals surface area contributed by atoms with Crippen molar-refractivity contribution < 1.29 is 9.60 Å². The predicted octanol–water partition coefficient (Wildman–Crippen LogP) is 12.2. The molecule has 0 spiro atoms. The number of nitrogens with zero attached hydrogens (tertiary/aromatic N) is 3. The van der Waals surface area contributed by atoms with E-state index in [4.69, 9.17) is 24.5 Å². The van der Waals surface area contributed by atoms with E-state index in [0.29, 0.717) is 22.8 Å². The van der Waals surface area contributed by atoms with Crippen LogP contribution < -0.4 is 0 Å². The molecule has 0 N–H and O–H groups in total. The SMILES string of the molecule is [2H]c1c([2H])c([2H])c2c(-c3ccccc3-c3nc(-c4ccccc4)nc(-c4cccc(-c5ccc(-c6ccc7ccccc7c6)cc5)c4)n3)c([2H])c([2H])c([2H])c2c1[2H]. The molecule has 50 heavy (non-hydrogen) atoms. The maximum absolute atomic E-state index is 9.05. The molecule has 0 unspecified atom stereocenters. The number of rotatable bonds is 6. The molecule has 8 aromatic carbocycles. The van der Waals surface area contributed by atoms with Gasteiger partial charge in [-0.1, -0.05) is 176 Å². The molecule has 0 aliphatic carbocycles. The number of hydrogen-bond donors (Lipinski definition) is 0. The number of hydrogen-bond acceptors (Lipinski definition) is 3. The molecule has 0 bridgehead atoms. The third-order valence-corrected chi connectivity index (χ3v) is 8.84. The zero-order valence-electron chi connectivity index (χ0n) is 33.7. The van der Waals surface area contributed by atoms with Crippen LogP contribution in [0.5, 0.6) is 0 Å². The van der Waals surface area contributed by atoms with Gasteiger partial charge in [0.2, 0.25) is 0 Å². The van der Waals surface area contributed by atoms with E-state index in [1.54, 1.807) is 24.3 Å². The number of benzene rings is 8. The molecular weight excluding hydrogens is 607 g/mol. The fraction of sp³-hybridized carbons (Fsp3) is 0. The van der Waals surface area contributed by atoms with Crippen LogP contribution in [-0.2, 0) is 0 Å². The summed E-state index contributed by atoms with van der Waals surface area (Å²) in [4.78, 5) is 14.9. The highest BCUT2D eigenvalue weighted by atomic mass is 15.0. The van der Waals surface area contributed by atoms with Crippen LogP contribution in [0.3, 0.4) is 0 Å². The second-order valence-corrected chi connectivity index (χ2v) is 11.9. The highest BCUT2D eigenvalue weighted by Gasteiger charge is 2.17. The Bertz CT molecular complexity index is 3030. The van der Waals surface area contributed by atoms with Crippen LogP contribution in [0.1, 0.15) is 9.60 Å². The van der Waals surface area contributed by atoms with Gasteiger partial charge >= 0.3 is 0 Å². The molecular formula is C47H31N3. The van der Waals surface area contributed by atoms with Crippen LogP contribution in [-0.4, -0.2) is 15.0 Å². The van der Waals surface area contributed by atoms with E-state index in [1.807, 2.05) is 66.7 Å². The first-order valence-corrected chi connectivity index (χ1v) is 16.3. The molecule has 0 atom stereocenters. The van der Waals surface area contributed by atoms with Crippen molar-refractivity contribution in [1.82, 2.24) is 15.0 Å². The molecule has 1 heterocycles. The van der Waals surface area contributed by atoms with Gasteiger partial charge in [-0.2, -0.15) is 0 Å². The van der Waals surface area contributed by atoms with Crippen molar-refractivity contribution in [3.8, 4) is 67.5 Å². The van der Waals surface area contributed by atoms with E-state index < -0.39 is 30.2 Å². The molecule has 0 amide bonds. The van der Waals surface area contributed by atoms with Crippen molar-refractivity contribution in [2.45, 2.75) is 0 Å². The molecule has 3 nitrogen and oxygen atoms in total. The summed E-state index contributed by atoms with van der Waals surface area (Å²) in [6.45, 7) is 0. The Morgan fingerprint density at radius 3 is 1.72 bits per heavy atom. The van der Waals surface area contributed by atoms with E-state index in [2.05, 4.69) is 54.6 Å². The zero-order valence-corrected chi connectivity index (χ0v) is 26.7. The van der Waals surface area contributed by atoms with Crippen molar-refractivity contribution in [3.63, 3.8) is 0 Å². The normalized spacial score (nSPS) is 13.2. The lowest BCUT2D eigenvalue weighted by Crippen LogP contribution is -2.01. The van der Waals surface area contributed by atoms with Gasteiger partial charge < -0.3 is 0 Å². The first kappa shape index (κ1) is 22.8. The summed E-state index contributed by atoms with van der Waals surface area (Å²) in [6, 6.07) is 44.8. The maximum Gasteiger partial charge on any atom is 0.164 e. The molecule has 0 saturated carbocycles. The Balaban J connectivity index is 1.19. The van der Waals surface area contributed by atoms with Gasteiger partial charge in [-0.15, -0.1) is 0 Å². The largest absolute Gasteiger partial charge is 0.208 e. The minimum absolute atomic E-state index is 0.00338. The Kier molecular flexibility index (Phi) is 5.80. The van der Waals surface area contributed by atoms with Gasteiger partial charge in [-0.05, 0) is 67.1 Å². The lowest BCUT2D eigenvalue weighted by atomic mass is 9.94. The molecule has 3 heteroatoms. The number of aromatic nitrogens is 3. The summed E-state index contributed by atoms with van der Waals surface area (Å²) in [5.41, 5.74) is 6.72. The van der Waals surface area contributed by atoms with Gasteiger partial charge in [0.05, 0.1) is 9.60 Å². The fourth-order valence-electron chi connectivity index (χ4n) is 6.31. The van der Waals surface area contributed by atoms with Crippen LogP contribution >= 0.6 is 0 Å². The molecule has 9 aromatic rings. The van der Waals surface area contributed by atoms with Gasteiger partial charge in [-0.3, -0.25) is 0 Å². The van der Waals surface area contributed by atoms with Gasteiger partial charge in [0, 0.05) is 16.7 Å². The average Bonchev–Trinajstić information content (AvgIpc) is 3.26. The quantitative estimate of drug-likeness (QED) is 0.181. The minimum Gasteiger partial charge on any atom is -0.208 e. The second kappa shape index (κ2) is 12.7. The summed E-state index contributed by atoms with van der Waals surface area (Å²) < 4.78 is 60.6. The standard InChI is InChI=1S/C47H31N3/c1-2-14-36(15-3-1)45-48-46(50-47(49-45)44-22-9-8-21-43(44)42-23-11-17-35-13-6-7-20-41(35)42)40-19-10-18-38(31-40)33-24-26-34(27-25-33)39-29-28-32-12-4-5-16-37(32)30-39/h1-31H/i6D,7D,11D,13D,17D,20D,23D. The molecule has 0 fully saturated rings. The Hall–Kier alpha value is -6.71. The Morgan fingerprint density at radius 2 is 0.900 bits per heavy atom. The van der Waals surface area contributed by atoms with Crippen LogP contribution in [0.4, 0.5) is 0 Å². The maximum atomic E-state index is 9.05. The molecule has 0 saturated heterocycles. The topological polar surface area (TPSA) is 38.7 Å². The molecule has 0 aliphatic heterocycles. The fourth-order valence-corrected chi connectivity index (χ4v) is 6.31. The van der Waals surface area contributed by atoms with Gasteiger partial charge in [-0.25, -0.2) is 15.0 Å². The van der Waals surface area contributed by atoms with Gasteiger partial charge in [0.1, 0.15) is 0 Å². The smallest absolute Gasteiger partial charge is 0.164 e. The van der Waals surface area contributed by atoms with Crippen molar-refractivity contribution in [2.24, 2.45) is 0 Å². The summed E-state index contributed by atoms with van der Waals surface area (Å²) in [5, 5.41) is 2.27. The molecule has 9 rings (SSSR count). The first-order chi connectivity index (χ1) is 27.7. The molecule has 0 aliphatic rings. The lowest BCUT2D eigenvalue weighted by Gasteiger charge is -2.14. The van der Waals surface area contributed by atoms with Gasteiger partial charge in [0.15, 0.2) is 17.5 Å². The highest BCUT2D eigenvalue weighted by Crippen LogP contribution is 2.37. The summed E-state index contributed by atoms with van der Waals surface area (Å²) in [7, 11) is 0. The summed E-state index contributed by atoms with van der Waals surface area (Å²) in [5.74, 6) is 1.09. The molecule has 234 valence electrons. The number of fused-ring (bicyclic) bond motifs is 2. The van der Waals surface area contributed by atoms with E-state index in [1.165, 1.54) is 10.8 Å². The van der Waals surface area contributed by atoms with E-state index >= 15 is 0 Å². The summed E-state index contributed by atoms with van der Waals surface area (Å²) >= 11 is 0. The Morgan fingerprint density at radius 1 is 0.320 bits per heavy atom. The Labute approximate surface area is 301 Å². The third-order valence-electron chi connectivity index (χ3n) is 8.84. The summed E-state index contributed by atoms with van der Waals surface area (Å²) in [6.07, 6.45) is 0. The van der Waals surface area contributed by atoms with E-state index in [9.17, 15) is 0 Å². The minimum atomic E-state index is -0.505. The van der Waals surface area contributed by atoms with Crippen molar-refractivity contribution in [1.29, 1.82) is 0 Å². The van der Waals surface area contributed by atoms with E-state index in [0.717, 1.165) is 33.4 Å². The predicted molar refractivity (Wildman–Crippen MR) is 207 cm³/mol. The first-order valence-electron chi connectivity index (χ1n) is 19.8. The van der Waals surface area contributed by atoms with Crippen LogP contribution in [0.15, 0.2) is 188 Å². The van der Waals surface area contributed by atoms with E-state index in [-0.39, 0.29) is 34.2 Å². The second-order valence-electron chi connectivity index (χ2n) is 11.9. The van der Waals surface area contributed by atoms with Crippen molar-refractivity contribution in [2.75, 3.05) is 0 Å². The highest BCUT2D eigenvalue weighted by molar-refractivity contribution is 6.00. The van der Waals surface area contributed by atoms with Crippen LogP contribution in [0, 0.1) is 0 Å². The zero-order chi connectivity index (χ0) is 39.4. The van der Waals surface area contributed by atoms with Crippen molar-refractivity contribution >= 4 is 21.5 Å².